The van der Waals surface area contributed by atoms with Crippen molar-refractivity contribution < 1.29 is 13.2 Å². The zero-order valence-electron chi connectivity index (χ0n) is 12.6. The van der Waals surface area contributed by atoms with Crippen LogP contribution in [0.3, 0.4) is 0 Å². The number of fused-ring (bicyclic) bond motifs is 1. The van der Waals surface area contributed by atoms with Gasteiger partial charge in [0.25, 0.3) is 10.2 Å². The number of amides is 1. The number of hydrogen-bond donors (Lipinski definition) is 2. The molecule has 3 unspecified atom stereocenters. The maximum Gasteiger partial charge on any atom is 0.277 e. The van der Waals surface area contributed by atoms with Gasteiger partial charge < -0.3 is 10.2 Å². The summed E-state index contributed by atoms with van der Waals surface area (Å²) in [5.41, 5.74) is 0. The molecule has 9 heteroatoms. The molecule has 2 heterocycles. The number of hydrogen-bond acceptors (Lipinski definition) is 4. The van der Waals surface area contributed by atoms with E-state index in [4.69, 9.17) is 5.14 Å². The van der Waals surface area contributed by atoms with Crippen molar-refractivity contribution in [2.45, 2.75) is 44.2 Å². The van der Waals surface area contributed by atoms with Crippen LogP contribution in [0, 0.1) is 5.92 Å². The SMILES string of the molecule is Cl.NS(=O)(=O)N1CCN(C(=O)C2CC3CCCCC3N2)CC1. The first-order valence-electron chi connectivity index (χ1n) is 7.78. The highest BCUT2D eigenvalue weighted by Crippen LogP contribution is 2.33. The molecule has 0 spiro atoms. The van der Waals surface area contributed by atoms with Crippen LogP contribution in [0.1, 0.15) is 32.1 Å². The van der Waals surface area contributed by atoms with Crippen LogP contribution >= 0.6 is 12.4 Å². The van der Waals surface area contributed by atoms with Gasteiger partial charge in [-0.3, -0.25) is 4.79 Å². The van der Waals surface area contributed by atoms with Crippen molar-refractivity contribution in [3.05, 3.63) is 0 Å². The molecule has 2 saturated heterocycles. The summed E-state index contributed by atoms with van der Waals surface area (Å²) in [6.07, 6.45) is 5.85. The molecule has 1 aliphatic carbocycles. The number of carbonyl (C=O) groups excluding carboxylic acids is 1. The van der Waals surface area contributed by atoms with Crippen LogP contribution in [0.4, 0.5) is 0 Å². The Balaban J connectivity index is 0.00000176. The van der Waals surface area contributed by atoms with E-state index in [9.17, 15) is 13.2 Å². The second-order valence-electron chi connectivity index (χ2n) is 6.38. The van der Waals surface area contributed by atoms with E-state index < -0.39 is 10.2 Å². The van der Waals surface area contributed by atoms with Crippen molar-refractivity contribution in [1.29, 1.82) is 0 Å². The molecule has 3 rings (SSSR count). The highest BCUT2D eigenvalue weighted by Gasteiger charge is 2.40. The molecule has 7 nitrogen and oxygen atoms in total. The minimum Gasteiger partial charge on any atom is -0.339 e. The van der Waals surface area contributed by atoms with E-state index in [1.54, 1.807) is 4.90 Å². The van der Waals surface area contributed by atoms with E-state index in [1.165, 1.54) is 30.0 Å². The standard InChI is InChI=1S/C13H24N4O3S.ClH/c14-21(19,20)17-7-5-16(6-8-17)13(18)12-9-10-3-1-2-4-11(10)15-12;/h10-12,15H,1-9H2,(H2,14,19,20);1H. The van der Waals surface area contributed by atoms with Gasteiger partial charge in [-0.2, -0.15) is 12.7 Å². The number of nitrogens with two attached hydrogens (primary N) is 1. The van der Waals surface area contributed by atoms with Gasteiger partial charge in [-0.25, -0.2) is 5.14 Å². The molecule has 3 aliphatic rings. The monoisotopic (exact) mass is 352 g/mol. The van der Waals surface area contributed by atoms with E-state index in [0.29, 0.717) is 38.1 Å². The van der Waals surface area contributed by atoms with Gasteiger partial charge >= 0.3 is 0 Å². The quantitative estimate of drug-likeness (QED) is 0.711. The van der Waals surface area contributed by atoms with Gasteiger partial charge in [0.05, 0.1) is 6.04 Å². The van der Waals surface area contributed by atoms with Crippen molar-refractivity contribution in [2.24, 2.45) is 11.1 Å². The lowest BCUT2D eigenvalue weighted by Crippen LogP contribution is -2.55. The molecular weight excluding hydrogens is 328 g/mol. The molecule has 3 fully saturated rings. The second kappa shape index (κ2) is 7.00. The van der Waals surface area contributed by atoms with Crippen molar-refractivity contribution in [3.63, 3.8) is 0 Å². The molecular formula is C13H25ClN4O3S. The van der Waals surface area contributed by atoms with Crippen LogP contribution in [0.15, 0.2) is 0 Å². The minimum absolute atomic E-state index is 0. The number of nitrogens with zero attached hydrogens (tertiary/aromatic N) is 2. The molecule has 0 aromatic heterocycles. The van der Waals surface area contributed by atoms with Crippen LogP contribution in [-0.2, 0) is 15.0 Å². The molecule has 0 aromatic carbocycles. The zero-order valence-corrected chi connectivity index (χ0v) is 14.2. The lowest BCUT2D eigenvalue weighted by molar-refractivity contribution is -0.134. The van der Waals surface area contributed by atoms with Crippen LogP contribution in [0.2, 0.25) is 0 Å². The van der Waals surface area contributed by atoms with Gasteiger partial charge in [-0.15, -0.1) is 12.4 Å². The lowest BCUT2D eigenvalue weighted by Gasteiger charge is -2.34. The Morgan fingerprint density at radius 2 is 1.73 bits per heavy atom. The summed E-state index contributed by atoms with van der Waals surface area (Å²) in [4.78, 5) is 14.3. The smallest absolute Gasteiger partial charge is 0.277 e. The van der Waals surface area contributed by atoms with Crippen LogP contribution in [-0.4, -0.2) is 61.8 Å². The van der Waals surface area contributed by atoms with E-state index in [0.717, 1.165) is 6.42 Å². The molecule has 128 valence electrons. The highest BCUT2D eigenvalue weighted by molar-refractivity contribution is 7.86. The van der Waals surface area contributed by atoms with Gasteiger partial charge in [-0.05, 0) is 25.2 Å². The Bertz CT molecular complexity index is 493. The molecule has 0 radical (unpaired) electrons. The fraction of sp³-hybridized carbons (Fsp3) is 0.923. The molecule has 3 N–H and O–H groups in total. The average Bonchev–Trinajstić information content (AvgIpc) is 2.89. The summed E-state index contributed by atoms with van der Waals surface area (Å²) in [7, 11) is -3.63. The van der Waals surface area contributed by atoms with Crippen molar-refractivity contribution in [2.75, 3.05) is 26.2 Å². The Hall–Kier alpha value is -0.410. The number of rotatable bonds is 2. The predicted octanol–water partition coefficient (Wildman–Crippen LogP) is -0.323. The molecule has 2 aliphatic heterocycles. The van der Waals surface area contributed by atoms with Gasteiger partial charge in [-0.1, -0.05) is 12.8 Å². The lowest BCUT2D eigenvalue weighted by atomic mass is 9.85. The number of carbonyl (C=O) groups is 1. The maximum absolute atomic E-state index is 12.6. The first kappa shape index (κ1) is 17.9. The van der Waals surface area contributed by atoms with Crippen LogP contribution in [0.5, 0.6) is 0 Å². The maximum atomic E-state index is 12.6. The Kier molecular flexibility index (Phi) is 5.71. The molecule has 1 amide bonds. The summed E-state index contributed by atoms with van der Waals surface area (Å²) in [6, 6.07) is 0.414. The van der Waals surface area contributed by atoms with Gasteiger partial charge in [0.1, 0.15) is 0 Å². The third-order valence-corrected chi connectivity index (χ3v) is 6.16. The summed E-state index contributed by atoms with van der Waals surface area (Å²) >= 11 is 0. The van der Waals surface area contributed by atoms with Crippen LogP contribution < -0.4 is 10.5 Å². The van der Waals surface area contributed by atoms with Crippen molar-refractivity contribution in [3.8, 4) is 0 Å². The third kappa shape index (κ3) is 3.73. The molecule has 22 heavy (non-hydrogen) atoms. The summed E-state index contributed by atoms with van der Waals surface area (Å²) < 4.78 is 23.8. The summed E-state index contributed by atoms with van der Waals surface area (Å²) in [6.45, 7) is 1.46. The molecule has 1 saturated carbocycles. The summed E-state index contributed by atoms with van der Waals surface area (Å²) in [5, 5.41) is 8.60. The molecule has 3 atom stereocenters. The normalized spacial score (nSPS) is 33.1. The van der Waals surface area contributed by atoms with Gasteiger partial charge in [0.2, 0.25) is 5.91 Å². The number of nitrogens with one attached hydrogen (secondary N) is 1. The third-order valence-electron chi connectivity index (χ3n) is 5.07. The molecule has 0 aromatic rings. The minimum atomic E-state index is -3.63. The fourth-order valence-electron chi connectivity index (χ4n) is 3.89. The summed E-state index contributed by atoms with van der Waals surface area (Å²) in [5.74, 6) is 0.761. The Labute approximate surface area is 138 Å². The first-order valence-corrected chi connectivity index (χ1v) is 9.28. The van der Waals surface area contributed by atoms with E-state index in [-0.39, 0.29) is 24.4 Å². The molecule has 0 bridgehead atoms. The fourth-order valence-corrected chi connectivity index (χ4v) is 4.57. The largest absolute Gasteiger partial charge is 0.339 e. The average molecular weight is 353 g/mol. The van der Waals surface area contributed by atoms with E-state index in [2.05, 4.69) is 5.32 Å². The number of piperazine rings is 1. The second-order valence-corrected chi connectivity index (χ2v) is 7.92. The van der Waals surface area contributed by atoms with Crippen molar-refractivity contribution in [1.82, 2.24) is 14.5 Å². The topological polar surface area (TPSA) is 95.7 Å². The van der Waals surface area contributed by atoms with Gasteiger partial charge in [0, 0.05) is 32.2 Å². The zero-order chi connectivity index (χ0) is 15.0. The Morgan fingerprint density at radius 1 is 1.09 bits per heavy atom. The van der Waals surface area contributed by atoms with E-state index >= 15 is 0 Å². The van der Waals surface area contributed by atoms with Crippen LogP contribution in [0.25, 0.3) is 0 Å². The first-order chi connectivity index (χ1) is 9.95. The van der Waals surface area contributed by atoms with Crippen molar-refractivity contribution >= 4 is 28.5 Å². The number of halogens is 1. The predicted molar refractivity (Wildman–Crippen MR) is 85.8 cm³/mol. The van der Waals surface area contributed by atoms with E-state index in [1.807, 2.05) is 0 Å². The van der Waals surface area contributed by atoms with Gasteiger partial charge in [0.15, 0.2) is 0 Å². The Morgan fingerprint density at radius 3 is 2.32 bits per heavy atom. The highest BCUT2D eigenvalue weighted by atomic mass is 35.5.